The van der Waals surface area contributed by atoms with Gasteiger partial charge in [0, 0.05) is 31.8 Å². The smallest absolute Gasteiger partial charge is 0.287 e. The fourth-order valence-corrected chi connectivity index (χ4v) is 3.63. The molecule has 3 heterocycles. The summed E-state index contributed by atoms with van der Waals surface area (Å²) in [4.78, 5) is 34.4. The van der Waals surface area contributed by atoms with Crippen molar-refractivity contribution in [3.05, 3.63) is 53.7 Å². The van der Waals surface area contributed by atoms with Gasteiger partial charge >= 0.3 is 0 Å². The topological polar surface area (TPSA) is 98.1 Å². The number of benzene rings is 1. The number of methoxy groups -OCH3 is 1. The number of imidazole rings is 1. The van der Waals surface area contributed by atoms with E-state index in [0.29, 0.717) is 36.6 Å². The van der Waals surface area contributed by atoms with E-state index in [9.17, 15) is 9.59 Å². The van der Waals surface area contributed by atoms with E-state index in [0.717, 1.165) is 30.3 Å². The van der Waals surface area contributed by atoms with Crippen LogP contribution in [0.3, 0.4) is 0 Å². The summed E-state index contributed by atoms with van der Waals surface area (Å²) in [6.45, 7) is 1.49. The van der Waals surface area contributed by atoms with Crippen LogP contribution in [0.2, 0.25) is 0 Å². The third-order valence-corrected chi connectivity index (χ3v) is 5.01. The van der Waals surface area contributed by atoms with E-state index >= 15 is 0 Å². The largest absolute Gasteiger partial charge is 0.383 e. The second-order valence-electron chi connectivity index (χ2n) is 6.92. The molecule has 0 saturated carbocycles. The first kappa shape index (κ1) is 19.1. The SMILES string of the molecule is COCCNC(=O)c1nc(C(=O)Nc2cccc3cccnc23)c2n1CCCC2. The van der Waals surface area contributed by atoms with Gasteiger partial charge in [-0.2, -0.15) is 0 Å². The van der Waals surface area contributed by atoms with Crippen LogP contribution >= 0.6 is 0 Å². The molecule has 8 heteroatoms. The van der Waals surface area contributed by atoms with Crippen LogP contribution in [0.25, 0.3) is 10.9 Å². The first-order valence-electron chi connectivity index (χ1n) is 9.70. The molecule has 0 radical (unpaired) electrons. The van der Waals surface area contributed by atoms with Crippen molar-refractivity contribution in [3.8, 4) is 0 Å². The third-order valence-electron chi connectivity index (χ3n) is 5.01. The average Bonchev–Trinajstić information content (AvgIpc) is 3.14. The van der Waals surface area contributed by atoms with E-state index in [1.807, 2.05) is 34.9 Å². The molecule has 2 aromatic heterocycles. The fraction of sp³-hybridized carbons (Fsp3) is 0.333. The summed E-state index contributed by atoms with van der Waals surface area (Å²) in [6, 6.07) is 9.43. The van der Waals surface area contributed by atoms with E-state index in [1.54, 1.807) is 13.3 Å². The maximum Gasteiger partial charge on any atom is 0.287 e. The predicted octanol–water partition coefficient (Wildman–Crippen LogP) is 2.40. The highest BCUT2D eigenvalue weighted by Crippen LogP contribution is 2.24. The minimum Gasteiger partial charge on any atom is -0.383 e. The van der Waals surface area contributed by atoms with Crippen LogP contribution in [0.15, 0.2) is 36.5 Å². The number of ether oxygens (including phenoxy) is 1. The Labute approximate surface area is 168 Å². The molecule has 29 heavy (non-hydrogen) atoms. The van der Waals surface area contributed by atoms with Crippen molar-refractivity contribution in [3.63, 3.8) is 0 Å². The van der Waals surface area contributed by atoms with E-state index in [4.69, 9.17) is 4.74 Å². The first-order chi connectivity index (χ1) is 14.2. The standard InChI is InChI=1S/C21H23N5O3/c1-29-13-11-23-21(28)19-25-18(16-9-2-3-12-26(16)19)20(27)24-15-8-4-6-14-7-5-10-22-17(14)15/h4-8,10H,2-3,9,11-13H2,1H3,(H,23,28)(H,24,27). The Hall–Kier alpha value is -3.26. The van der Waals surface area contributed by atoms with Gasteiger partial charge < -0.3 is 19.9 Å². The summed E-state index contributed by atoms with van der Waals surface area (Å²) in [6.07, 6.45) is 4.33. The van der Waals surface area contributed by atoms with Crippen LogP contribution in [0.5, 0.6) is 0 Å². The summed E-state index contributed by atoms with van der Waals surface area (Å²) in [7, 11) is 1.58. The van der Waals surface area contributed by atoms with E-state index in [1.165, 1.54) is 0 Å². The molecular weight excluding hydrogens is 370 g/mol. The highest BCUT2D eigenvalue weighted by molar-refractivity contribution is 6.08. The number of aromatic nitrogens is 3. The Kier molecular flexibility index (Phi) is 5.53. The predicted molar refractivity (Wildman–Crippen MR) is 109 cm³/mol. The van der Waals surface area contributed by atoms with Crippen LogP contribution in [-0.2, 0) is 17.7 Å². The summed E-state index contributed by atoms with van der Waals surface area (Å²) < 4.78 is 6.84. The number of rotatable bonds is 6. The molecule has 0 unspecified atom stereocenters. The number of fused-ring (bicyclic) bond motifs is 2. The molecule has 0 bridgehead atoms. The minimum absolute atomic E-state index is 0.275. The van der Waals surface area contributed by atoms with E-state index in [2.05, 4.69) is 20.6 Å². The first-order valence-corrected chi connectivity index (χ1v) is 9.70. The lowest BCUT2D eigenvalue weighted by Crippen LogP contribution is -2.30. The molecule has 2 amide bonds. The van der Waals surface area contributed by atoms with Crippen LogP contribution in [0, 0.1) is 0 Å². The molecule has 0 atom stereocenters. The molecule has 8 nitrogen and oxygen atoms in total. The Morgan fingerprint density at radius 3 is 2.90 bits per heavy atom. The molecule has 1 aliphatic rings. The van der Waals surface area contributed by atoms with Gasteiger partial charge in [-0.15, -0.1) is 0 Å². The Balaban J connectivity index is 1.63. The number of hydrogen-bond donors (Lipinski definition) is 2. The maximum atomic E-state index is 13.1. The number of anilines is 1. The van der Waals surface area contributed by atoms with Crippen LogP contribution in [0.4, 0.5) is 5.69 Å². The quantitative estimate of drug-likeness (QED) is 0.627. The van der Waals surface area contributed by atoms with Crippen molar-refractivity contribution in [2.24, 2.45) is 0 Å². The Morgan fingerprint density at radius 2 is 2.03 bits per heavy atom. The van der Waals surface area contributed by atoms with Crippen molar-refractivity contribution >= 4 is 28.4 Å². The van der Waals surface area contributed by atoms with Gasteiger partial charge in [0.1, 0.15) is 0 Å². The van der Waals surface area contributed by atoms with Crippen molar-refractivity contribution in [1.29, 1.82) is 0 Å². The molecule has 0 saturated heterocycles. The molecule has 4 rings (SSSR count). The zero-order valence-corrected chi connectivity index (χ0v) is 16.3. The number of carbonyl (C=O) groups excluding carboxylic acids is 2. The van der Waals surface area contributed by atoms with Gasteiger partial charge in [0.15, 0.2) is 11.5 Å². The molecular formula is C21H23N5O3. The molecule has 1 aromatic carbocycles. The van der Waals surface area contributed by atoms with E-state index < -0.39 is 0 Å². The summed E-state index contributed by atoms with van der Waals surface area (Å²) in [5.74, 6) is -0.349. The number of carbonyl (C=O) groups is 2. The lowest BCUT2D eigenvalue weighted by Gasteiger charge is -2.17. The van der Waals surface area contributed by atoms with Gasteiger partial charge in [-0.3, -0.25) is 14.6 Å². The number of pyridine rings is 1. The van der Waals surface area contributed by atoms with Gasteiger partial charge in [0.25, 0.3) is 11.8 Å². The second kappa shape index (κ2) is 8.40. The van der Waals surface area contributed by atoms with Gasteiger partial charge in [-0.05, 0) is 31.4 Å². The van der Waals surface area contributed by atoms with Gasteiger partial charge in [0.2, 0.25) is 0 Å². The summed E-state index contributed by atoms with van der Waals surface area (Å²) in [5, 5.41) is 6.65. The van der Waals surface area contributed by atoms with Gasteiger partial charge in [-0.1, -0.05) is 18.2 Å². The lowest BCUT2D eigenvalue weighted by atomic mass is 10.1. The van der Waals surface area contributed by atoms with Crippen molar-refractivity contribution < 1.29 is 14.3 Å². The normalized spacial score (nSPS) is 13.1. The average molecular weight is 393 g/mol. The van der Waals surface area contributed by atoms with Crippen molar-refractivity contribution in [1.82, 2.24) is 19.9 Å². The lowest BCUT2D eigenvalue weighted by molar-refractivity contribution is 0.0921. The maximum absolute atomic E-state index is 13.1. The fourth-order valence-electron chi connectivity index (χ4n) is 3.63. The minimum atomic E-state index is -0.329. The molecule has 3 aromatic rings. The molecule has 0 fully saturated rings. The van der Waals surface area contributed by atoms with Crippen LogP contribution in [0.1, 0.15) is 39.6 Å². The molecule has 0 spiro atoms. The van der Waals surface area contributed by atoms with Gasteiger partial charge in [-0.25, -0.2) is 4.98 Å². The zero-order valence-electron chi connectivity index (χ0n) is 16.3. The van der Waals surface area contributed by atoms with Crippen molar-refractivity contribution in [2.75, 3.05) is 25.6 Å². The van der Waals surface area contributed by atoms with E-state index in [-0.39, 0.29) is 17.6 Å². The second-order valence-corrected chi connectivity index (χ2v) is 6.92. The summed E-state index contributed by atoms with van der Waals surface area (Å²) >= 11 is 0. The number of nitrogens with zero attached hydrogens (tertiary/aromatic N) is 3. The van der Waals surface area contributed by atoms with Gasteiger partial charge in [0.05, 0.1) is 23.5 Å². The number of amides is 2. The number of para-hydroxylation sites is 1. The Bertz CT molecular complexity index is 1050. The Morgan fingerprint density at radius 1 is 1.17 bits per heavy atom. The number of hydrogen-bond acceptors (Lipinski definition) is 5. The summed E-state index contributed by atoms with van der Waals surface area (Å²) in [5.41, 5.74) is 2.44. The molecule has 2 N–H and O–H groups in total. The molecule has 150 valence electrons. The number of nitrogens with one attached hydrogen (secondary N) is 2. The van der Waals surface area contributed by atoms with Crippen LogP contribution in [-0.4, -0.2) is 46.6 Å². The highest BCUT2D eigenvalue weighted by Gasteiger charge is 2.27. The highest BCUT2D eigenvalue weighted by atomic mass is 16.5. The zero-order chi connectivity index (χ0) is 20.2. The molecule has 1 aliphatic heterocycles. The monoisotopic (exact) mass is 393 g/mol. The molecule has 0 aliphatic carbocycles. The van der Waals surface area contributed by atoms with Crippen LogP contribution < -0.4 is 10.6 Å². The third kappa shape index (κ3) is 3.84. The van der Waals surface area contributed by atoms with Crippen molar-refractivity contribution in [2.45, 2.75) is 25.8 Å².